The predicted molar refractivity (Wildman–Crippen MR) is 89.9 cm³/mol. The number of urea groups is 1. The second-order valence-corrected chi connectivity index (χ2v) is 6.35. The van der Waals surface area contributed by atoms with Gasteiger partial charge >= 0.3 is 6.03 Å². The Kier molecular flexibility index (Phi) is 5.51. The molecule has 0 aliphatic carbocycles. The Morgan fingerprint density at radius 1 is 1.43 bits per heavy atom. The Labute approximate surface area is 137 Å². The number of nitrogens with zero attached hydrogens (tertiary/aromatic N) is 1. The van der Waals surface area contributed by atoms with Crippen LogP contribution in [0.25, 0.3) is 0 Å². The average molecular weight is 318 g/mol. The van der Waals surface area contributed by atoms with E-state index >= 15 is 0 Å². The van der Waals surface area contributed by atoms with Gasteiger partial charge in [-0.25, -0.2) is 4.79 Å². The van der Waals surface area contributed by atoms with Gasteiger partial charge < -0.3 is 14.8 Å². The molecule has 1 N–H and O–H groups in total. The maximum absolute atomic E-state index is 12.4. The number of rotatable bonds is 6. The van der Waals surface area contributed by atoms with Crippen LogP contribution >= 0.6 is 0 Å². The average Bonchev–Trinajstić information content (AvgIpc) is 3.16. The van der Waals surface area contributed by atoms with E-state index in [0.29, 0.717) is 19.8 Å². The molecule has 0 bridgehead atoms. The van der Waals surface area contributed by atoms with E-state index < -0.39 is 0 Å². The van der Waals surface area contributed by atoms with Crippen molar-refractivity contribution in [2.75, 3.05) is 31.3 Å². The van der Waals surface area contributed by atoms with E-state index in [1.807, 2.05) is 23.1 Å². The van der Waals surface area contributed by atoms with Gasteiger partial charge in [-0.15, -0.1) is 0 Å². The lowest BCUT2D eigenvalue weighted by atomic mass is 10.1. The zero-order valence-electron chi connectivity index (χ0n) is 13.8. The summed E-state index contributed by atoms with van der Waals surface area (Å²) in [6.45, 7) is 4.91. The summed E-state index contributed by atoms with van der Waals surface area (Å²) >= 11 is 0. The first-order valence-electron chi connectivity index (χ1n) is 8.60. The molecule has 126 valence electrons. The molecule has 0 spiro atoms. The Hall–Kier alpha value is -1.59. The lowest BCUT2D eigenvalue weighted by Gasteiger charge is -2.23. The minimum absolute atomic E-state index is 0.0124. The van der Waals surface area contributed by atoms with Crippen LogP contribution in [0.5, 0.6) is 0 Å². The number of anilines is 1. The Balaban J connectivity index is 1.36. The third kappa shape index (κ3) is 4.03. The van der Waals surface area contributed by atoms with Gasteiger partial charge in [0.1, 0.15) is 0 Å². The Bertz CT molecular complexity index is 529. The van der Waals surface area contributed by atoms with Crippen molar-refractivity contribution in [3.63, 3.8) is 0 Å². The van der Waals surface area contributed by atoms with Gasteiger partial charge in [0.25, 0.3) is 0 Å². The van der Waals surface area contributed by atoms with Crippen molar-refractivity contribution in [1.82, 2.24) is 5.32 Å². The van der Waals surface area contributed by atoms with Gasteiger partial charge in [0.05, 0.1) is 12.7 Å². The molecule has 2 atom stereocenters. The van der Waals surface area contributed by atoms with Crippen molar-refractivity contribution < 1.29 is 14.3 Å². The van der Waals surface area contributed by atoms with E-state index in [4.69, 9.17) is 9.47 Å². The highest BCUT2D eigenvalue weighted by Crippen LogP contribution is 2.31. The molecule has 0 aromatic heterocycles. The van der Waals surface area contributed by atoms with E-state index in [-0.39, 0.29) is 18.2 Å². The summed E-state index contributed by atoms with van der Waals surface area (Å²) < 4.78 is 11.1. The predicted octanol–water partition coefficient (Wildman–Crippen LogP) is 2.73. The first-order valence-corrected chi connectivity index (χ1v) is 8.60. The third-order valence-electron chi connectivity index (χ3n) is 4.50. The normalized spacial score (nSPS) is 23.1. The van der Waals surface area contributed by atoms with E-state index in [0.717, 1.165) is 38.0 Å². The van der Waals surface area contributed by atoms with Crippen molar-refractivity contribution in [2.45, 2.75) is 44.8 Å². The standard InChI is InChI=1S/C18H26N2O3/c1-14-12-15-6-2-3-8-17(15)20(14)18(21)19-9-5-10-22-13-16-7-4-11-23-16/h2-3,6,8,14,16H,4-5,7,9-13H2,1H3,(H,19,21). The number of benzene rings is 1. The van der Waals surface area contributed by atoms with Gasteiger partial charge in [0.2, 0.25) is 0 Å². The highest BCUT2D eigenvalue weighted by atomic mass is 16.5. The molecule has 5 nitrogen and oxygen atoms in total. The second-order valence-electron chi connectivity index (χ2n) is 6.35. The van der Waals surface area contributed by atoms with Crippen molar-refractivity contribution in [1.29, 1.82) is 0 Å². The molecule has 2 aliphatic rings. The fraction of sp³-hybridized carbons (Fsp3) is 0.611. The van der Waals surface area contributed by atoms with Gasteiger partial charge in [-0.2, -0.15) is 0 Å². The van der Waals surface area contributed by atoms with Crippen molar-refractivity contribution >= 4 is 11.7 Å². The monoisotopic (exact) mass is 318 g/mol. The van der Waals surface area contributed by atoms with E-state index in [9.17, 15) is 4.79 Å². The molecule has 1 fully saturated rings. The van der Waals surface area contributed by atoms with Gasteiger partial charge in [-0.3, -0.25) is 4.90 Å². The summed E-state index contributed by atoms with van der Waals surface area (Å²) in [4.78, 5) is 14.3. The summed E-state index contributed by atoms with van der Waals surface area (Å²) in [5, 5.41) is 3.00. The minimum atomic E-state index is -0.0124. The van der Waals surface area contributed by atoms with Gasteiger partial charge in [-0.05, 0) is 44.2 Å². The fourth-order valence-corrected chi connectivity index (χ4v) is 3.32. The molecule has 23 heavy (non-hydrogen) atoms. The van der Waals surface area contributed by atoms with Crippen LogP contribution in [0, 0.1) is 0 Å². The number of hydrogen-bond acceptors (Lipinski definition) is 3. The lowest BCUT2D eigenvalue weighted by Crippen LogP contribution is -2.43. The second kappa shape index (κ2) is 7.79. The highest BCUT2D eigenvalue weighted by molar-refractivity contribution is 5.94. The van der Waals surface area contributed by atoms with Crippen molar-refractivity contribution in [2.24, 2.45) is 0 Å². The molecule has 1 aromatic carbocycles. The third-order valence-corrected chi connectivity index (χ3v) is 4.50. The molecule has 2 aliphatic heterocycles. The van der Waals surface area contributed by atoms with E-state index in [2.05, 4.69) is 18.3 Å². The summed E-state index contributed by atoms with van der Waals surface area (Å²) in [6, 6.07) is 8.32. The molecule has 2 heterocycles. The fourth-order valence-electron chi connectivity index (χ4n) is 3.32. The molecule has 2 amide bonds. The van der Waals surface area contributed by atoms with Gasteiger partial charge in [0.15, 0.2) is 0 Å². The van der Waals surface area contributed by atoms with Crippen LogP contribution in [0.3, 0.4) is 0 Å². The number of amides is 2. The highest BCUT2D eigenvalue weighted by Gasteiger charge is 2.30. The molecule has 0 radical (unpaired) electrons. The number of para-hydroxylation sites is 1. The molecular weight excluding hydrogens is 292 g/mol. The number of nitrogens with one attached hydrogen (secondary N) is 1. The van der Waals surface area contributed by atoms with E-state index in [1.54, 1.807) is 0 Å². The first kappa shape index (κ1) is 16.3. The summed E-state index contributed by atoms with van der Waals surface area (Å²) in [7, 11) is 0. The number of carbonyl (C=O) groups excluding carboxylic acids is 1. The largest absolute Gasteiger partial charge is 0.379 e. The van der Waals surface area contributed by atoms with Crippen LogP contribution in [0.2, 0.25) is 0 Å². The van der Waals surface area contributed by atoms with E-state index in [1.165, 1.54) is 5.56 Å². The molecule has 0 saturated carbocycles. The number of ether oxygens (including phenoxy) is 2. The maximum Gasteiger partial charge on any atom is 0.322 e. The molecule has 1 aromatic rings. The zero-order valence-corrected chi connectivity index (χ0v) is 13.8. The molecular formula is C18H26N2O3. The van der Waals surface area contributed by atoms with Crippen LogP contribution in [0.4, 0.5) is 10.5 Å². The molecule has 2 unspecified atom stereocenters. The summed E-state index contributed by atoms with van der Waals surface area (Å²) in [6.07, 6.45) is 4.26. The van der Waals surface area contributed by atoms with Crippen LogP contribution < -0.4 is 10.2 Å². The van der Waals surface area contributed by atoms with Crippen LogP contribution in [0.15, 0.2) is 24.3 Å². The van der Waals surface area contributed by atoms with Gasteiger partial charge in [0, 0.05) is 31.5 Å². The topological polar surface area (TPSA) is 50.8 Å². The maximum atomic E-state index is 12.4. The number of hydrogen-bond donors (Lipinski definition) is 1. The lowest BCUT2D eigenvalue weighted by molar-refractivity contribution is 0.0168. The summed E-state index contributed by atoms with van der Waals surface area (Å²) in [5.41, 5.74) is 2.28. The smallest absolute Gasteiger partial charge is 0.322 e. The number of carbonyl (C=O) groups is 1. The molecule has 3 rings (SSSR count). The van der Waals surface area contributed by atoms with Crippen LogP contribution in [-0.4, -0.2) is 44.5 Å². The minimum Gasteiger partial charge on any atom is -0.379 e. The quantitative estimate of drug-likeness (QED) is 0.821. The van der Waals surface area contributed by atoms with Crippen LogP contribution in [-0.2, 0) is 15.9 Å². The SMILES string of the molecule is CC1Cc2ccccc2N1C(=O)NCCCOCC1CCCO1. The Morgan fingerprint density at radius 2 is 2.30 bits per heavy atom. The van der Waals surface area contributed by atoms with Gasteiger partial charge in [-0.1, -0.05) is 18.2 Å². The molecule has 5 heteroatoms. The van der Waals surface area contributed by atoms with Crippen molar-refractivity contribution in [3.05, 3.63) is 29.8 Å². The first-order chi connectivity index (χ1) is 11.3. The molecule has 1 saturated heterocycles. The van der Waals surface area contributed by atoms with Crippen LogP contribution in [0.1, 0.15) is 31.7 Å². The number of fused-ring (bicyclic) bond motifs is 1. The van der Waals surface area contributed by atoms with Crippen molar-refractivity contribution in [3.8, 4) is 0 Å². The summed E-state index contributed by atoms with van der Waals surface area (Å²) in [5.74, 6) is 0. The Morgan fingerprint density at radius 3 is 3.13 bits per heavy atom. The zero-order chi connectivity index (χ0) is 16.1.